The number of aryl methyl sites for hydroxylation is 3. The molecule has 0 atom stereocenters. The Morgan fingerprint density at radius 1 is 1.25 bits per heavy atom. The summed E-state index contributed by atoms with van der Waals surface area (Å²) in [6, 6.07) is 0. The van der Waals surface area contributed by atoms with Crippen molar-refractivity contribution >= 4 is 11.3 Å². The van der Waals surface area contributed by atoms with Crippen LogP contribution in [0.25, 0.3) is 0 Å². The molecular formula is C11H15N3OS. The average molecular weight is 237 g/mol. The van der Waals surface area contributed by atoms with Crippen LogP contribution in [-0.2, 0) is 13.1 Å². The van der Waals surface area contributed by atoms with Crippen LogP contribution in [0.4, 0.5) is 0 Å². The molecule has 4 nitrogen and oxygen atoms in total. The van der Waals surface area contributed by atoms with Gasteiger partial charge in [0.05, 0.1) is 12.2 Å². The van der Waals surface area contributed by atoms with Gasteiger partial charge >= 0.3 is 0 Å². The van der Waals surface area contributed by atoms with Crippen molar-refractivity contribution < 1.29 is 4.42 Å². The number of rotatable bonds is 4. The molecule has 0 radical (unpaired) electrons. The normalized spacial score (nSPS) is 10.9. The lowest BCUT2D eigenvalue weighted by Gasteiger charge is -1.97. The Bertz CT molecular complexity index is 456. The van der Waals surface area contributed by atoms with Gasteiger partial charge in [-0.2, -0.15) is 0 Å². The van der Waals surface area contributed by atoms with Gasteiger partial charge in [0, 0.05) is 17.6 Å². The van der Waals surface area contributed by atoms with Crippen molar-refractivity contribution in [3.8, 4) is 0 Å². The van der Waals surface area contributed by atoms with Crippen molar-refractivity contribution in [1.82, 2.24) is 15.3 Å². The molecule has 16 heavy (non-hydrogen) atoms. The zero-order chi connectivity index (χ0) is 11.5. The first-order valence-electron chi connectivity index (χ1n) is 5.20. The van der Waals surface area contributed by atoms with Crippen molar-refractivity contribution in [3.63, 3.8) is 0 Å². The lowest BCUT2D eigenvalue weighted by atomic mass is 10.4. The molecule has 0 saturated carbocycles. The molecule has 0 aromatic carbocycles. The molecule has 0 bridgehead atoms. The lowest BCUT2D eigenvalue weighted by molar-refractivity contribution is 0.448. The van der Waals surface area contributed by atoms with Crippen LogP contribution in [-0.4, -0.2) is 9.97 Å². The van der Waals surface area contributed by atoms with E-state index >= 15 is 0 Å². The van der Waals surface area contributed by atoms with Gasteiger partial charge in [0.25, 0.3) is 0 Å². The highest BCUT2D eigenvalue weighted by molar-refractivity contribution is 7.09. The maximum atomic E-state index is 5.47. The van der Waals surface area contributed by atoms with Gasteiger partial charge in [0.1, 0.15) is 10.8 Å². The predicted molar refractivity (Wildman–Crippen MR) is 63.4 cm³/mol. The highest BCUT2D eigenvalue weighted by Crippen LogP contribution is 2.10. The number of aromatic nitrogens is 2. The van der Waals surface area contributed by atoms with Crippen LogP contribution in [0.15, 0.2) is 9.80 Å². The van der Waals surface area contributed by atoms with E-state index in [1.165, 1.54) is 0 Å². The maximum absolute atomic E-state index is 5.47. The minimum atomic E-state index is 0.646. The SMILES string of the molecule is Cc1csc(CNCc2nc(C)c(C)o2)n1. The maximum Gasteiger partial charge on any atom is 0.208 e. The van der Waals surface area contributed by atoms with Crippen molar-refractivity contribution in [2.24, 2.45) is 0 Å². The van der Waals surface area contributed by atoms with Crippen molar-refractivity contribution in [2.75, 3.05) is 0 Å². The zero-order valence-electron chi connectivity index (χ0n) is 9.70. The molecule has 1 N–H and O–H groups in total. The number of nitrogens with one attached hydrogen (secondary N) is 1. The molecule has 86 valence electrons. The fourth-order valence-corrected chi connectivity index (χ4v) is 2.12. The van der Waals surface area contributed by atoms with E-state index in [-0.39, 0.29) is 0 Å². The summed E-state index contributed by atoms with van der Waals surface area (Å²) in [5.74, 6) is 1.63. The average Bonchev–Trinajstić information content (AvgIpc) is 2.75. The Balaban J connectivity index is 1.84. The van der Waals surface area contributed by atoms with Gasteiger partial charge in [-0.3, -0.25) is 0 Å². The fraction of sp³-hybridized carbons (Fsp3) is 0.455. The third-order valence-corrected chi connectivity index (χ3v) is 3.26. The summed E-state index contributed by atoms with van der Waals surface area (Å²) in [6.45, 7) is 7.29. The van der Waals surface area contributed by atoms with Crippen LogP contribution in [0, 0.1) is 20.8 Å². The van der Waals surface area contributed by atoms with E-state index in [4.69, 9.17) is 4.42 Å². The Kier molecular flexibility index (Phi) is 3.36. The van der Waals surface area contributed by atoms with E-state index in [2.05, 4.69) is 20.7 Å². The Labute approximate surface area is 98.7 Å². The Morgan fingerprint density at radius 3 is 2.62 bits per heavy atom. The van der Waals surface area contributed by atoms with Crippen LogP contribution in [0.5, 0.6) is 0 Å². The highest BCUT2D eigenvalue weighted by Gasteiger charge is 2.05. The molecule has 0 spiro atoms. The predicted octanol–water partition coefficient (Wildman–Crippen LogP) is 2.35. The second kappa shape index (κ2) is 4.76. The van der Waals surface area contributed by atoms with Gasteiger partial charge in [0.2, 0.25) is 5.89 Å². The molecule has 0 aliphatic heterocycles. The first-order valence-corrected chi connectivity index (χ1v) is 6.08. The molecular weight excluding hydrogens is 222 g/mol. The third kappa shape index (κ3) is 2.68. The first-order chi connectivity index (χ1) is 7.65. The van der Waals surface area contributed by atoms with Crippen molar-refractivity contribution in [3.05, 3.63) is 33.4 Å². The van der Waals surface area contributed by atoms with Crippen molar-refractivity contribution in [1.29, 1.82) is 0 Å². The van der Waals surface area contributed by atoms with Gasteiger partial charge in [-0.05, 0) is 20.8 Å². The minimum Gasteiger partial charge on any atom is -0.444 e. The second-order valence-corrected chi connectivity index (χ2v) is 4.68. The molecule has 2 aromatic heterocycles. The van der Waals surface area contributed by atoms with Crippen molar-refractivity contribution in [2.45, 2.75) is 33.9 Å². The van der Waals surface area contributed by atoms with E-state index in [9.17, 15) is 0 Å². The smallest absolute Gasteiger partial charge is 0.208 e. The lowest BCUT2D eigenvalue weighted by Crippen LogP contribution is -2.12. The standard InChI is InChI=1S/C11H15N3OS/c1-7-6-16-11(13-7)5-12-4-10-14-8(2)9(3)15-10/h6,12H,4-5H2,1-3H3. The van der Waals surface area contributed by atoms with Gasteiger partial charge in [-0.15, -0.1) is 11.3 Å². The molecule has 5 heteroatoms. The number of nitrogens with zero attached hydrogens (tertiary/aromatic N) is 2. The summed E-state index contributed by atoms with van der Waals surface area (Å²) in [5, 5.41) is 6.41. The Hall–Kier alpha value is -1.20. The summed E-state index contributed by atoms with van der Waals surface area (Å²) in [7, 11) is 0. The molecule has 0 aliphatic rings. The first kappa shape index (κ1) is 11.3. The summed E-state index contributed by atoms with van der Waals surface area (Å²) in [6.07, 6.45) is 0. The van der Waals surface area contributed by atoms with Gasteiger partial charge in [-0.25, -0.2) is 9.97 Å². The number of oxazole rings is 1. The topological polar surface area (TPSA) is 51.0 Å². The van der Waals surface area contributed by atoms with E-state index in [0.717, 1.165) is 34.6 Å². The summed E-state index contributed by atoms with van der Waals surface area (Å²) in [4.78, 5) is 8.67. The zero-order valence-corrected chi connectivity index (χ0v) is 10.5. The van der Waals surface area contributed by atoms with E-state index in [0.29, 0.717) is 6.54 Å². The van der Waals surface area contributed by atoms with Crippen LogP contribution >= 0.6 is 11.3 Å². The third-order valence-electron chi connectivity index (χ3n) is 2.29. The van der Waals surface area contributed by atoms with E-state index in [1.54, 1.807) is 11.3 Å². The monoisotopic (exact) mass is 237 g/mol. The number of hydrogen-bond acceptors (Lipinski definition) is 5. The quantitative estimate of drug-likeness (QED) is 0.886. The molecule has 0 unspecified atom stereocenters. The van der Waals surface area contributed by atoms with E-state index in [1.807, 2.05) is 20.8 Å². The van der Waals surface area contributed by atoms with Crippen LogP contribution in [0.3, 0.4) is 0 Å². The highest BCUT2D eigenvalue weighted by atomic mass is 32.1. The van der Waals surface area contributed by atoms with Crippen LogP contribution in [0.2, 0.25) is 0 Å². The fourth-order valence-electron chi connectivity index (χ4n) is 1.38. The largest absolute Gasteiger partial charge is 0.444 e. The molecule has 2 rings (SSSR count). The minimum absolute atomic E-state index is 0.646. The molecule has 2 aromatic rings. The molecule has 0 saturated heterocycles. The summed E-state index contributed by atoms with van der Waals surface area (Å²) < 4.78 is 5.47. The van der Waals surface area contributed by atoms with Crippen LogP contribution < -0.4 is 5.32 Å². The molecule has 0 fully saturated rings. The Morgan fingerprint density at radius 2 is 2.06 bits per heavy atom. The molecule has 0 aliphatic carbocycles. The number of thiazole rings is 1. The summed E-state index contributed by atoms with van der Waals surface area (Å²) in [5.41, 5.74) is 2.03. The molecule has 2 heterocycles. The van der Waals surface area contributed by atoms with Gasteiger partial charge in [0.15, 0.2) is 0 Å². The summed E-state index contributed by atoms with van der Waals surface area (Å²) >= 11 is 1.67. The number of hydrogen-bond donors (Lipinski definition) is 1. The molecule has 0 amide bonds. The van der Waals surface area contributed by atoms with E-state index < -0.39 is 0 Å². The van der Waals surface area contributed by atoms with Gasteiger partial charge in [-0.1, -0.05) is 0 Å². The van der Waals surface area contributed by atoms with Crippen LogP contribution in [0.1, 0.15) is 28.0 Å². The van der Waals surface area contributed by atoms with Gasteiger partial charge < -0.3 is 9.73 Å². The second-order valence-electron chi connectivity index (χ2n) is 3.74.